The zero-order chi connectivity index (χ0) is 14.1. The van der Waals surface area contributed by atoms with Crippen LogP contribution >= 0.6 is 27.5 Å². The average molecular weight is 353 g/mol. The van der Waals surface area contributed by atoms with E-state index in [4.69, 9.17) is 20.8 Å². The maximum absolute atomic E-state index is 11.8. The summed E-state index contributed by atoms with van der Waals surface area (Å²) < 4.78 is 11.0. The monoisotopic (exact) mass is 351 g/mol. The van der Waals surface area contributed by atoms with Crippen molar-refractivity contribution in [1.82, 2.24) is 0 Å². The first-order valence-electron chi connectivity index (χ1n) is 5.66. The molecule has 0 fully saturated rings. The molecule has 6 heteroatoms. The van der Waals surface area contributed by atoms with Gasteiger partial charge < -0.3 is 9.15 Å². The summed E-state index contributed by atoms with van der Waals surface area (Å²) in [7, 11) is 0. The quantitative estimate of drug-likeness (QED) is 0.605. The summed E-state index contributed by atoms with van der Waals surface area (Å²) >= 11 is 9.24. The zero-order valence-corrected chi connectivity index (χ0v) is 12.3. The Morgan fingerprint density at radius 2 is 2.00 bits per heavy atom. The molecule has 0 aliphatic carbocycles. The minimum Gasteiger partial charge on any atom is -0.450 e. The number of hydrogen-bond acceptors (Lipinski definition) is 4. The molecule has 1 aliphatic rings. The van der Waals surface area contributed by atoms with Gasteiger partial charge in [-0.25, -0.2) is 9.79 Å². The van der Waals surface area contributed by atoms with Gasteiger partial charge in [-0.2, -0.15) is 0 Å². The number of hydrogen-bond donors (Lipinski definition) is 0. The van der Waals surface area contributed by atoms with Crippen molar-refractivity contribution in [2.24, 2.45) is 4.99 Å². The van der Waals surface area contributed by atoms with Crippen LogP contribution in [0.1, 0.15) is 11.3 Å². The number of carbonyl (C=O) groups excluding carboxylic acids is 1. The third kappa shape index (κ3) is 2.55. The Bertz CT molecular complexity index is 748. The Balaban J connectivity index is 1.97. The van der Waals surface area contributed by atoms with Crippen LogP contribution in [-0.4, -0.2) is 11.9 Å². The number of cyclic esters (lactones) is 1. The largest absolute Gasteiger partial charge is 0.450 e. The number of furan rings is 1. The highest BCUT2D eigenvalue weighted by atomic mass is 79.9. The van der Waals surface area contributed by atoms with E-state index < -0.39 is 5.97 Å². The van der Waals surface area contributed by atoms with Gasteiger partial charge in [0, 0.05) is 6.08 Å². The Morgan fingerprint density at radius 3 is 2.70 bits per heavy atom. The van der Waals surface area contributed by atoms with Gasteiger partial charge in [0.1, 0.15) is 5.76 Å². The lowest BCUT2D eigenvalue weighted by Gasteiger charge is -2.00. The molecule has 0 radical (unpaired) electrons. The molecule has 0 unspecified atom stereocenters. The number of carbonyl (C=O) groups is 1. The smallest absolute Gasteiger partial charge is 0.363 e. The number of rotatable bonds is 2. The summed E-state index contributed by atoms with van der Waals surface area (Å²) in [4.78, 5) is 15.9. The van der Waals surface area contributed by atoms with Crippen molar-refractivity contribution >= 4 is 45.5 Å². The lowest BCUT2D eigenvalue weighted by molar-refractivity contribution is -0.129. The second-order valence-electron chi connectivity index (χ2n) is 3.96. The van der Waals surface area contributed by atoms with Gasteiger partial charge in [-0.1, -0.05) is 23.7 Å². The van der Waals surface area contributed by atoms with E-state index in [0.717, 1.165) is 0 Å². The molecule has 0 amide bonds. The molecule has 100 valence electrons. The normalized spacial score (nSPS) is 16.4. The van der Waals surface area contributed by atoms with Gasteiger partial charge in [0.15, 0.2) is 10.4 Å². The van der Waals surface area contributed by atoms with Crippen molar-refractivity contribution in [2.45, 2.75) is 0 Å². The van der Waals surface area contributed by atoms with Crippen LogP contribution in [0.15, 0.2) is 56.2 Å². The molecule has 1 aliphatic heterocycles. The van der Waals surface area contributed by atoms with E-state index in [9.17, 15) is 4.79 Å². The molecule has 0 spiro atoms. The van der Waals surface area contributed by atoms with Crippen LogP contribution in [0.4, 0.5) is 0 Å². The van der Waals surface area contributed by atoms with Gasteiger partial charge in [-0.3, -0.25) is 0 Å². The first-order chi connectivity index (χ1) is 9.63. The predicted molar refractivity (Wildman–Crippen MR) is 78.5 cm³/mol. The van der Waals surface area contributed by atoms with Crippen LogP contribution in [0.5, 0.6) is 0 Å². The summed E-state index contributed by atoms with van der Waals surface area (Å²) in [6.07, 6.45) is 1.51. The van der Waals surface area contributed by atoms with E-state index >= 15 is 0 Å². The Morgan fingerprint density at radius 1 is 1.20 bits per heavy atom. The number of nitrogens with zero attached hydrogens (tertiary/aromatic N) is 1. The van der Waals surface area contributed by atoms with Crippen LogP contribution < -0.4 is 0 Å². The summed E-state index contributed by atoms with van der Waals surface area (Å²) in [5, 5.41) is 0.473. The molecule has 3 rings (SSSR count). The van der Waals surface area contributed by atoms with E-state index in [2.05, 4.69) is 20.9 Å². The highest BCUT2D eigenvalue weighted by Gasteiger charge is 2.25. The fraction of sp³-hybridized carbons (Fsp3) is 0. The van der Waals surface area contributed by atoms with Crippen LogP contribution in [0.3, 0.4) is 0 Å². The molecule has 0 saturated heterocycles. The van der Waals surface area contributed by atoms with Crippen molar-refractivity contribution in [3.63, 3.8) is 0 Å². The van der Waals surface area contributed by atoms with E-state index in [1.54, 1.807) is 36.4 Å². The number of halogens is 2. The van der Waals surface area contributed by atoms with Gasteiger partial charge in [-0.15, -0.1) is 0 Å². The lowest BCUT2D eigenvalue weighted by Crippen LogP contribution is -2.05. The van der Waals surface area contributed by atoms with E-state index in [1.165, 1.54) is 6.08 Å². The standard InChI is InChI=1S/C14H7BrClNO3/c15-12-6-5-8(19-12)7-11-14(18)20-13(17-11)9-3-1-2-4-10(9)16/h1-7H/b11-7+. The zero-order valence-electron chi connectivity index (χ0n) is 9.97. The molecule has 0 N–H and O–H groups in total. The number of aliphatic imine (C=N–C) groups is 1. The molecule has 1 aromatic carbocycles. The van der Waals surface area contributed by atoms with Crippen LogP contribution in [-0.2, 0) is 9.53 Å². The molecule has 2 heterocycles. The van der Waals surface area contributed by atoms with Crippen LogP contribution in [0.25, 0.3) is 6.08 Å². The first kappa shape index (κ1) is 13.1. The van der Waals surface area contributed by atoms with Gasteiger partial charge in [0.2, 0.25) is 5.90 Å². The summed E-state index contributed by atoms with van der Waals surface area (Å²) in [5.41, 5.74) is 0.744. The minimum atomic E-state index is -0.535. The topological polar surface area (TPSA) is 51.8 Å². The number of ether oxygens (including phenoxy) is 1. The molecule has 1 aromatic heterocycles. The Kier molecular flexibility index (Phi) is 3.46. The van der Waals surface area contributed by atoms with Crippen LogP contribution in [0, 0.1) is 0 Å². The Labute approximate surface area is 127 Å². The maximum atomic E-state index is 11.8. The molecule has 20 heavy (non-hydrogen) atoms. The van der Waals surface area contributed by atoms with Crippen molar-refractivity contribution < 1.29 is 13.9 Å². The number of esters is 1. The van der Waals surface area contributed by atoms with Gasteiger partial charge in [0.25, 0.3) is 0 Å². The highest BCUT2D eigenvalue weighted by Crippen LogP contribution is 2.24. The fourth-order valence-corrected chi connectivity index (χ4v) is 2.24. The van der Waals surface area contributed by atoms with Crippen molar-refractivity contribution in [3.05, 3.63) is 63.1 Å². The lowest BCUT2D eigenvalue weighted by atomic mass is 10.2. The fourth-order valence-electron chi connectivity index (χ4n) is 1.70. The third-order valence-electron chi connectivity index (χ3n) is 2.60. The second-order valence-corrected chi connectivity index (χ2v) is 5.15. The summed E-state index contributed by atoms with van der Waals surface area (Å²) in [5.74, 6) is 0.165. The third-order valence-corrected chi connectivity index (χ3v) is 3.35. The van der Waals surface area contributed by atoms with E-state index in [1.807, 2.05) is 0 Å². The molecule has 0 atom stereocenters. The average Bonchev–Trinajstić information content (AvgIpc) is 2.98. The maximum Gasteiger partial charge on any atom is 0.363 e. The Hall–Kier alpha value is -1.85. The van der Waals surface area contributed by atoms with Gasteiger partial charge >= 0.3 is 5.97 Å². The molecule has 2 aromatic rings. The predicted octanol–water partition coefficient (Wildman–Crippen LogP) is 4.04. The number of benzene rings is 1. The van der Waals surface area contributed by atoms with Crippen LogP contribution in [0.2, 0.25) is 5.02 Å². The van der Waals surface area contributed by atoms with Crippen molar-refractivity contribution in [2.75, 3.05) is 0 Å². The molecular weight excluding hydrogens is 346 g/mol. The van der Waals surface area contributed by atoms with Crippen molar-refractivity contribution in [1.29, 1.82) is 0 Å². The second kappa shape index (κ2) is 5.26. The molecule has 4 nitrogen and oxygen atoms in total. The van der Waals surface area contributed by atoms with E-state index in [-0.39, 0.29) is 11.6 Å². The highest BCUT2D eigenvalue weighted by molar-refractivity contribution is 9.10. The molecule has 0 saturated carbocycles. The summed E-state index contributed by atoms with van der Waals surface area (Å²) in [6.45, 7) is 0. The van der Waals surface area contributed by atoms with Gasteiger partial charge in [0.05, 0.1) is 10.6 Å². The summed E-state index contributed by atoms with van der Waals surface area (Å²) in [6, 6.07) is 10.5. The first-order valence-corrected chi connectivity index (χ1v) is 6.83. The van der Waals surface area contributed by atoms with E-state index in [0.29, 0.717) is 21.0 Å². The SMILES string of the molecule is O=C1OC(c2ccccc2Cl)=N/C1=C/c1ccc(Br)o1. The minimum absolute atomic E-state index is 0.168. The molecular formula is C14H7BrClNO3. The van der Waals surface area contributed by atoms with Gasteiger partial charge in [-0.05, 0) is 40.2 Å². The molecule has 0 bridgehead atoms. The van der Waals surface area contributed by atoms with Crippen molar-refractivity contribution in [3.8, 4) is 0 Å².